The molecule has 0 heterocycles. The summed E-state index contributed by atoms with van der Waals surface area (Å²) in [6, 6.07) is 0. The Hall–Kier alpha value is -5.16. The zero-order chi connectivity index (χ0) is 78.1. The third-order valence-corrected chi connectivity index (χ3v) is 14.8. The molecule has 0 spiro atoms. The summed E-state index contributed by atoms with van der Waals surface area (Å²) in [7, 11) is 0. The van der Waals surface area contributed by atoms with Crippen molar-refractivity contribution >= 4 is 41.8 Å². The summed E-state index contributed by atoms with van der Waals surface area (Å²) in [5.41, 5.74) is -11.2. The lowest BCUT2D eigenvalue weighted by atomic mass is 9.66. The quantitative estimate of drug-likeness (QED) is 0.0299. The van der Waals surface area contributed by atoms with E-state index in [4.69, 9.17) is 14.2 Å². The largest absolute Gasteiger partial charge is 0.466 e. The van der Waals surface area contributed by atoms with E-state index in [-0.39, 0.29) is 62.7 Å². The van der Waals surface area contributed by atoms with Gasteiger partial charge in [-0.25, -0.2) is 22.4 Å². The van der Waals surface area contributed by atoms with Gasteiger partial charge < -0.3 is 48.5 Å². The predicted octanol–water partition coefficient (Wildman–Crippen LogP) is 15.3. The van der Waals surface area contributed by atoms with E-state index in [0.29, 0.717) is 25.9 Å². The molecule has 0 aromatic heterocycles. The maximum absolute atomic E-state index is 13.3. The lowest BCUT2D eigenvalue weighted by Gasteiger charge is -2.47. The Balaban J connectivity index is -0.000000369. The molecule has 1 aliphatic carbocycles. The smallest absolute Gasteiger partial charge is 0.426 e. The summed E-state index contributed by atoms with van der Waals surface area (Å²) in [6.45, 7) is 25.8. The fourth-order valence-electron chi connectivity index (χ4n) is 6.55. The van der Waals surface area contributed by atoms with Gasteiger partial charge in [0.2, 0.25) is 0 Å². The molecule has 1 saturated carbocycles. The molecule has 578 valence electrons. The van der Waals surface area contributed by atoms with Crippen molar-refractivity contribution in [3.8, 4) is 0 Å². The molecule has 0 aromatic rings. The molecule has 3 N–H and O–H groups in total. The first-order chi connectivity index (χ1) is 43.5. The van der Waals surface area contributed by atoms with E-state index < -0.39 is 170 Å². The van der Waals surface area contributed by atoms with Crippen LogP contribution in [0.3, 0.4) is 0 Å². The first-order valence-electron chi connectivity index (χ1n) is 30.9. The van der Waals surface area contributed by atoms with Crippen LogP contribution in [0.1, 0.15) is 195 Å². The molecular weight excluding hydrogens is 1370 g/mol. The molecule has 0 bridgehead atoms. The molecule has 0 saturated heterocycles. The molecule has 0 aliphatic heterocycles. The molecule has 1 rings (SSSR count). The Morgan fingerprint density at radius 2 is 0.856 bits per heavy atom. The number of carbonyl (C=O) groups is 7. The molecule has 1 fully saturated rings. The summed E-state index contributed by atoms with van der Waals surface area (Å²) < 4.78 is 270. The topological polar surface area (TPSA) is 245 Å². The highest BCUT2D eigenvalue weighted by atomic mass is 19.4. The number of hydrogen-bond acceptors (Lipinski definition) is 17. The van der Waals surface area contributed by atoms with Crippen molar-refractivity contribution in [3.05, 3.63) is 0 Å². The van der Waals surface area contributed by atoms with Crippen LogP contribution in [0.5, 0.6) is 0 Å². The SMILES string of the molecule is CCC(C)(C)C(=O)OC1CC(C(C)(O)C(F)(F)F)CC(C(O)(C(F)(F)F)C(F)(F)F)C1.CCC(C)C(=O)OC(C)C(F)(F)F.CCC(C)C(=O)OCC(=O)OCC(F)(F)F.CCC(C)C(=O)OCC(C)(C)O.CCC(C)C(=O)OCCCC(F)(F)C(F)F.CCOC(=O)C(C)CC. The molecule has 10 atom stereocenters. The highest BCUT2D eigenvalue weighted by molar-refractivity contribution is 5.78. The van der Waals surface area contributed by atoms with Gasteiger partial charge in [-0.2, -0.15) is 65.9 Å². The third-order valence-electron chi connectivity index (χ3n) is 14.8. The Bertz CT molecular complexity index is 2270. The molecule has 97 heavy (non-hydrogen) atoms. The van der Waals surface area contributed by atoms with Gasteiger partial charge in [0, 0.05) is 18.3 Å². The Morgan fingerprint density at radius 1 is 0.474 bits per heavy atom. The second kappa shape index (κ2) is 44.2. The second-order valence-corrected chi connectivity index (χ2v) is 24.3. The van der Waals surface area contributed by atoms with Crippen LogP contribution in [0.15, 0.2) is 0 Å². The number of ether oxygens (including phenoxy) is 7. The number of alkyl halides is 19. The number of rotatable bonds is 27. The van der Waals surface area contributed by atoms with Crippen molar-refractivity contribution in [1.29, 1.82) is 0 Å². The summed E-state index contributed by atoms with van der Waals surface area (Å²) >= 11 is 0. The first-order valence-corrected chi connectivity index (χ1v) is 30.9. The zero-order valence-electron chi connectivity index (χ0n) is 57.8. The zero-order valence-corrected chi connectivity index (χ0v) is 57.8. The van der Waals surface area contributed by atoms with Crippen LogP contribution >= 0.6 is 0 Å². The van der Waals surface area contributed by atoms with Crippen molar-refractivity contribution in [3.63, 3.8) is 0 Å². The van der Waals surface area contributed by atoms with E-state index >= 15 is 0 Å². The Kier molecular flexibility index (Phi) is 45.8. The molecular formula is C61H99F19O17. The van der Waals surface area contributed by atoms with Gasteiger partial charge in [-0.05, 0) is 113 Å². The van der Waals surface area contributed by atoms with Gasteiger partial charge in [0.05, 0.1) is 53.8 Å². The molecule has 0 aromatic carbocycles. The molecule has 36 heteroatoms. The number of hydrogen-bond donors (Lipinski definition) is 3. The Labute approximate surface area is 553 Å². The van der Waals surface area contributed by atoms with Crippen LogP contribution in [0.25, 0.3) is 0 Å². The highest BCUT2D eigenvalue weighted by Gasteiger charge is 2.75. The summed E-state index contributed by atoms with van der Waals surface area (Å²) in [5, 5.41) is 28.9. The molecule has 0 radical (unpaired) electrons. The minimum absolute atomic E-state index is 0.0601. The van der Waals surface area contributed by atoms with Crippen LogP contribution in [-0.2, 0) is 66.7 Å². The minimum atomic E-state index is -6.28. The average molecular weight is 1470 g/mol. The van der Waals surface area contributed by atoms with Gasteiger partial charge in [-0.15, -0.1) is 0 Å². The number of aliphatic hydroxyl groups is 3. The van der Waals surface area contributed by atoms with Crippen LogP contribution < -0.4 is 0 Å². The van der Waals surface area contributed by atoms with Gasteiger partial charge in [0.25, 0.3) is 5.60 Å². The monoisotopic (exact) mass is 1460 g/mol. The maximum Gasteiger partial charge on any atom is 0.426 e. The lowest BCUT2D eigenvalue weighted by Crippen LogP contribution is -2.64. The molecule has 17 nitrogen and oxygen atoms in total. The van der Waals surface area contributed by atoms with Gasteiger partial charge in [-0.1, -0.05) is 76.2 Å². The van der Waals surface area contributed by atoms with Crippen molar-refractivity contribution in [2.24, 2.45) is 46.8 Å². The van der Waals surface area contributed by atoms with Gasteiger partial charge >= 0.3 is 85.0 Å². The molecule has 10 unspecified atom stereocenters. The van der Waals surface area contributed by atoms with E-state index in [1.54, 1.807) is 55.4 Å². The standard InChI is InChI=1S/C18H25F9O4.C10H16F4O2.C9H13F3O4.C9H18O3.C8H13F3O2.C7H14O2/c1-5-13(2,3)12(28)31-11-7-9(14(4,29)16(19,20)21)6-10(8-11)15(30,17(22,23)24)18(25,26)27;1-3-7(2)8(15)16-6-4-5-10(13,14)9(11)12;1-3-6(2)8(14)15-4-7(13)16-5-9(10,11)12;1-5-7(2)8(10)12-6-9(3,4)11;1-4-5(2)7(12)13-6(3)8(9,10)11;1-4-6(3)7(8)9-5-2/h9-11,29-30H,5-8H2,1-4H3;7,9H,3-6H2,1-2H3;6H,3-5H2,1-2H3;7,11H,5-6H2,1-4H3;5-6H,4H2,1-3H3;6H,4-5H2,1-3H3. The van der Waals surface area contributed by atoms with Gasteiger partial charge in [0.1, 0.15) is 12.7 Å². The normalized spacial score (nSPS) is 18.0. The number of carbonyl (C=O) groups excluding carboxylic acids is 7. The van der Waals surface area contributed by atoms with Crippen LogP contribution in [0.2, 0.25) is 0 Å². The van der Waals surface area contributed by atoms with E-state index in [1.165, 1.54) is 20.8 Å². The highest BCUT2D eigenvalue weighted by Crippen LogP contribution is 2.55. The van der Waals surface area contributed by atoms with E-state index in [1.807, 2.05) is 34.6 Å². The molecule has 0 amide bonds. The van der Waals surface area contributed by atoms with Crippen LogP contribution in [0, 0.1) is 46.8 Å². The minimum Gasteiger partial charge on any atom is -0.466 e. The predicted molar refractivity (Wildman–Crippen MR) is 310 cm³/mol. The van der Waals surface area contributed by atoms with Crippen molar-refractivity contribution < 1.29 is 165 Å². The second-order valence-electron chi connectivity index (χ2n) is 24.3. The lowest BCUT2D eigenvalue weighted by molar-refractivity contribution is -0.391. The van der Waals surface area contributed by atoms with E-state index in [0.717, 1.165) is 19.8 Å². The average Bonchev–Trinajstić information content (AvgIpc) is 0.736. The van der Waals surface area contributed by atoms with Crippen LogP contribution in [0.4, 0.5) is 83.4 Å². The van der Waals surface area contributed by atoms with Crippen LogP contribution in [-0.4, -0.2) is 162 Å². The third kappa shape index (κ3) is 40.6. The number of halogens is 19. The van der Waals surface area contributed by atoms with Crippen molar-refractivity contribution in [1.82, 2.24) is 0 Å². The summed E-state index contributed by atoms with van der Waals surface area (Å²) in [6.07, 6.45) is -35.8. The fraction of sp³-hybridized carbons (Fsp3) is 0.885. The first kappa shape index (κ1) is 100. The van der Waals surface area contributed by atoms with Crippen molar-refractivity contribution in [2.75, 3.05) is 33.0 Å². The van der Waals surface area contributed by atoms with Gasteiger partial charge in [0.15, 0.2) is 24.9 Å². The molecule has 1 aliphatic rings. The van der Waals surface area contributed by atoms with Gasteiger partial charge in [-0.3, -0.25) is 28.8 Å². The fourth-order valence-corrected chi connectivity index (χ4v) is 6.55. The van der Waals surface area contributed by atoms with E-state index in [9.17, 15) is 132 Å². The Morgan fingerprint density at radius 3 is 1.20 bits per heavy atom. The van der Waals surface area contributed by atoms with Crippen molar-refractivity contribution in [2.45, 2.75) is 267 Å². The summed E-state index contributed by atoms with van der Waals surface area (Å²) in [4.78, 5) is 77.8. The number of esters is 7. The summed E-state index contributed by atoms with van der Waals surface area (Å²) in [5.74, 6) is -14.7. The van der Waals surface area contributed by atoms with E-state index in [2.05, 4.69) is 18.9 Å². The maximum atomic E-state index is 13.3.